The Morgan fingerprint density at radius 1 is 1.30 bits per heavy atom. The van der Waals surface area contributed by atoms with E-state index >= 15 is 0 Å². The fourth-order valence-electron chi connectivity index (χ4n) is 2.00. The first-order valence-corrected chi connectivity index (χ1v) is 6.84. The highest BCUT2D eigenvalue weighted by molar-refractivity contribution is 7.13. The molecule has 0 saturated heterocycles. The highest BCUT2D eigenvalue weighted by Crippen LogP contribution is 2.29. The number of benzene rings is 1. The molecule has 0 unspecified atom stereocenters. The van der Waals surface area contributed by atoms with Gasteiger partial charge in [0, 0.05) is 0 Å². The highest BCUT2D eigenvalue weighted by atomic mass is 32.1. The lowest BCUT2D eigenvalue weighted by Gasteiger charge is -2.06. The molecule has 6 heteroatoms. The van der Waals surface area contributed by atoms with Crippen LogP contribution in [0.25, 0.3) is 16.3 Å². The smallest absolute Gasteiger partial charge is 0.358 e. The first kappa shape index (κ1) is 12.6. The maximum Gasteiger partial charge on any atom is 0.358 e. The summed E-state index contributed by atoms with van der Waals surface area (Å²) in [7, 11) is 0. The summed E-state index contributed by atoms with van der Waals surface area (Å²) in [6.45, 7) is 1.98. The number of nitrogens with zero attached hydrogens (tertiary/aromatic N) is 3. The molecule has 100 valence electrons. The molecule has 2 heterocycles. The molecule has 3 aromatic rings. The van der Waals surface area contributed by atoms with Gasteiger partial charge in [-0.15, -0.1) is 16.4 Å². The van der Waals surface area contributed by atoms with E-state index in [1.807, 2.05) is 48.7 Å². The van der Waals surface area contributed by atoms with Gasteiger partial charge in [-0.2, -0.15) is 0 Å². The molecule has 0 spiro atoms. The van der Waals surface area contributed by atoms with E-state index in [2.05, 4.69) is 10.3 Å². The first-order chi connectivity index (χ1) is 9.66. The summed E-state index contributed by atoms with van der Waals surface area (Å²) in [6, 6.07) is 11.4. The van der Waals surface area contributed by atoms with Crippen molar-refractivity contribution >= 4 is 17.3 Å². The van der Waals surface area contributed by atoms with Crippen molar-refractivity contribution in [1.29, 1.82) is 0 Å². The van der Waals surface area contributed by atoms with Crippen LogP contribution < -0.4 is 0 Å². The van der Waals surface area contributed by atoms with E-state index in [9.17, 15) is 9.90 Å². The second-order valence-corrected chi connectivity index (χ2v) is 5.27. The third-order valence-electron chi connectivity index (χ3n) is 2.87. The van der Waals surface area contributed by atoms with E-state index in [0.717, 1.165) is 16.1 Å². The molecule has 0 aliphatic heterocycles. The zero-order valence-electron chi connectivity index (χ0n) is 10.6. The third kappa shape index (κ3) is 2.10. The molecule has 0 aliphatic rings. The van der Waals surface area contributed by atoms with Crippen molar-refractivity contribution in [3.8, 4) is 16.3 Å². The molecule has 5 nitrogen and oxygen atoms in total. The number of rotatable bonds is 3. The topological polar surface area (TPSA) is 68.0 Å². The van der Waals surface area contributed by atoms with Gasteiger partial charge in [0.1, 0.15) is 5.69 Å². The molecule has 0 bridgehead atoms. The van der Waals surface area contributed by atoms with Crippen molar-refractivity contribution in [3.63, 3.8) is 0 Å². The number of carbonyl (C=O) groups is 1. The van der Waals surface area contributed by atoms with Crippen LogP contribution in [0.5, 0.6) is 0 Å². The van der Waals surface area contributed by atoms with Gasteiger partial charge in [0.25, 0.3) is 0 Å². The second-order valence-electron chi connectivity index (χ2n) is 4.32. The Kier molecular flexibility index (Phi) is 3.08. The zero-order chi connectivity index (χ0) is 14.1. The molecular weight excluding hydrogens is 274 g/mol. The van der Waals surface area contributed by atoms with Crippen molar-refractivity contribution in [2.75, 3.05) is 0 Å². The monoisotopic (exact) mass is 285 g/mol. The molecule has 0 fully saturated rings. The van der Waals surface area contributed by atoms with Crippen LogP contribution in [0.4, 0.5) is 0 Å². The van der Waals surface area contributed by atoms with Gasteiger partial charge in [-0.05, 0) is 36.1 Å². The van der Waals surface area contributed by atoms with Crippen LogP contribution in [0.2, 0.25) is 0 Å². The molecule has 0 saturated carbocycles. The Bertz CT molecular complexity index is 763. The van der Waals surface area contributed by atoms with Crippen LogP contribution in [0.3, 0.4) is 0 Å². The van der Waals surface area contributed by atoms with Crippen LogP contribution >= 0.6 is 11.3 Å². The summed E-state index contributed by atoms with van der Waals surface area (Å²) in [4.78, 5) is 12.1. The fourth-order valence-corrected chi connectivity index (χ4v) is 2.76. The van der Waals surface area contributed by atoms with Crippen molar-refractivity contribution < 1.29 is 9.90 Å². The molecule has 3 rings (SSSR count). The number of aromatic nitrogens is 3. The molecule has 1 aromatic carbocycles. The largest absolute Gasteiger partial charge is 0.476 e. The van der Waals surface area contributed by atoms with Crippen LogP contribution in [0.1, 0.15) is 16.1 Å². The van der Waals surface area contributed by atoms with Gasteiger partial charge in [0.2, 0.25) is 0 Å². The Morgan fingerprint density at radius 2 is 2.15 bits per heavy atom. The van der Waals surface area contributed by atoms with E-state index in [1.165, 1.54) is 11.3 Å². The number of carboxylic acids is 1. The van der Waals surface area contributed by atoms with Gasteiger partial charge >= 0.3 is 5.97 Å². The van der Waals surface area contributed by atoms with Gasteiger partial charge in [-0.1, -0.05) is 23.4 Å². The summed E-state index contributed by atoms with van der Waals surface area (Å²) >= 11 is 1.46. The maximum atomic E-state index is 11.3. The average Bonchev–Trinajstić information content (AvgIpc) is 3.07. The normalized spacial score (nSPS) is 10.7. The van der Waals surface area contributed by atoms with E-state index < -0.39 is 5.97 Å². The zero-order valence-corrected chi connectivity index (χ0v) is 11.5. The summed E-state index contributed by atoms with van der Waals surface area (Å²) in [6.07, 6.45) is 0. The minimum atomic E-state index is -1.08. The molecule has 1 N–H and O–H groups in total. The summed E-state index contributed by atoms with van der Waals surface area (Å²) in [5, 5.41) is 19.0. The number of hydrogen-bond donors (Lipinski definition) is 1. The molecule has 0 atom stereocenters. The molecule has 2 aromatic heterocycles. The minimum absolute atomic E-state index is 0.0334. The van der Waals surface area contributed by atoms with Crippen molar-refractivity contribution in [3.05, 3.63) is 53.0 Å². The molecule has 20 heavy (non-hydrogen) atoms. The lowest BCUT2D eigenvalue weighted by Crippen LogP contribution is -2.02. The van der Waals surface area contributed by atoms with E-state index in [0.29, 0.717) is 5.69 Å². The minimum Gasteiger partial charge on any atom is -0.476 e. The lowest BCUT2D eigenvalue weighted by molar-refractivity contribution is 0.0691. The third-order valence-corrected chi connectivity index (χ3v) is 3.75. The Labute approximate surface area is 119 Å². The summed E-state index contributed by atoms with van der Waals surface area (Å²) < 4.78 is 1.57. The quantitative estimate of drug-likeness (QED) is 0.803. The first-order valence-electron chi connectivity index (χ1n) is 5.97. The van der Waals surface area contributed by atoms with Gasteiger partial charge in [-0.25, -0.2) is 9.48 Å². The van der Waals surface area contributed by atoms with Crippen LogP contribution in [-0.4, -0.2) is 26.1 Å². The number of thiophene rings is 1. The number of aryl methyl sites for hydroxylation is 1. The van der Waals surface area contributed by atoms with E-state index in [4.69, 9.17) is 0 Å². The van der Waals surface area contributed by atoms with E-state index in [1.54, 1.807) is 4.68 Å². The average molecular weight is 285 g/mol. The molecule has 0 aliphatic carbocycles. The van der Waals surface area contributed by atoms with Crippen LogP contribution in [0.15, 0.2) is 41.8 Å². The van der Waals surface area contributed by atoms with Crippen molar-refractivity contribution in [2.24, 2.45) is 0 Å². The van der Waals surface area contributed by atoms with Crippen LogP contribution in [-0.2, 0) is 0 Å². The highest BCUT2D eigenvalue weighted by Gasteiger charge is 2.22. The Balaban J connectivity index is 2.24. The molecular formula is C14H11N3O2S. The Hall–Kier alpha value is -2.47. The number of aromatic carboxylic acids is 1. The number of carboxylic acid groups (broad SMARTS) is 1. The molecule has 0 amide bonds. The van der Waals surface area contributed by atoms with Crippen molar-refractivity contribution in [1.82, 2.24) is 15.0 Å². The molecule has 0 radical (unpaired) electrons. The summed E-state index contributed by atoms with van der Waals surface area (Å²) in [5.74, 6) is -1.08. The predicted octanol–water partition coefficient (Wildman–Crippen LogP) is 3.00. The standard InChI is InChI=1S/C14H11N3O2S/c1-9-4-2-5-10(8-9)17-13(11-6-3-7-20-11)12(14(18)19)15-16-17/h2-8H,1H3,(H,18,19). The predicted molar refractivity (Wildman–Crippen MR) is 76.4 cm³/mol. The van der Waals surface area contributed by atoms with Gasteiger partial charge in [-0.3, -0.25) is 0 Å². The SMILES string of the molecule is Cc1cccc(-n2nnc(C(=O)O)c2-c2cccs2)c1. The van der Waals surface area contributed by atoms with Gasteiger partial charge < -0.3 is 5.11 Å². The lowest BCUT2D eigenvalue weighted by atomic mass is 10.2. The number of hydrogen-bond acceptors (Lipinski definition) is 4. The van der Waals surface area contributed by atoms with Crippen LogP contribution in [0, 0.1) is 6.92 Å². The Morgan fingerprint density at radius 3 is 2.80 bits per heavy atom. The summed E-state index contributed by atoms with van der Waals surface area (Å²) in [5.41, 5.74) is 2.35. The van der Waals surface area contributed by atoms with Gasteiger partial charge in [0.15, 0.2) is 5.69 Å². The van der Waals surface area contributed by atoms with E-state index in [-0.39, 0.29) is 5.69 Å². The maximum absolute atomic E-state index is 11.3. The fraction of sp³-hybridized carbons (Fsp3) is 0.0714. The van der Waals surface area contributed by atoms with Crippen molar-refractivity contribution in [2.45, 2.75) is 6.92 Å². The van der Waals surface area contributed by atoms with Gasteiger partial charge in [0.05, 0.1) is 10.6 Å². The second kappa shape index (κ2) is 4.90.